The molecule has 726 valence electrons. The number of carbonyl (C=O) groups excluding carboxylic acids is 6. The first-order chi connectivity index (χ1) is 70.8. The van der Waals surface area contributed by atoms with E-state index in [0.717, 1.165) is 138 Å². The highest BCUT2D eigenvalue weighted by atomic mass is 79.9. The van der Waals surface area contributed by atoms with E-state index in [4.69, 9.17) is 14.2 Å². The molecule has 16 aromatic rings. The van der Waals surface area contributed by atoms with Gasteiger partial charge >= 0.3 is 0 Å². The van der Waals surface area contributed by atoms with Crippen molar-refractivity contribution in [3.05, 3.63) is 266 Å². The Kier molecular flexibility index (Phi) is 29.6. The van der Waals surface area contributed by atoms with Gasteiger partial charge in [-0.1, -0.05) is 76.3 Å². The molecule has 6 amide bonds. The fraction of sp³-hybridized carbons (Fsp3) is 0.109. The maximum Gasteiger partial charge on any atom is 0.258 e. The van der Waals surface area contributed by atoms with Gasteiger partial charge in [-0.15, -0.1) is 0 Å². The summed E-state index contributed by atoms with van der Waals surface area (Å²) in [5, 5.41) is 32.8. The average Bonchev–Trinajstić information content (AvgIpc) is 1.63. The number of methoxy groups -OCH3 is 2. The summed E-state index contributed by atoms with van der Waals surface area (Å²) in [4.78, 5) is 87.4. The second-order valence-electron chi connectivity index (χ2n) is 31.6. The lowest BCUT2D eigenvalue weighted by Gasteiger charge is -2.26. The van der Waals surface area contributed by atoms with Crippen LogP contribution in [0.2, 0.25) is 0 Å². The number of anilines is 1. The number of pyridine rings is 4. The Morgan fingerprint density at radius 3 is 1.13 bits per heavy atom. The lowest BCUT2D eigenvalue weighted by molar-refractivity contribution is -0.115. The molecule has 146 heavy (non-hydrogen) atoms. The zero-order chi connectivity index (χ0) is 102. The summed E-state index contributed by atoms with van der Waals surface area (Å²) in [5.74, 6) is 26.7. The average molecular weight is 2120 g/mol. The number of likely N-dealkylation sites (N-methyl/N-ethyl adjacent to an activating group) is 1. The number of ether oxygens (including phenoxy) is 3. The van der Waals surface area contributed by atoms with Crippen LogP contribution in [0.25, 0.3) is 140 Å². The van der Waals surface area contributed by atoms with Gasteiger partial charge in [-0.05, 0) is 206 Å². The number of aromatic nitrogens is 16. The summed E-state index contributed by atoms with van der Waals surface area (Å²) >= 11 is 3.37. The molecule has 1 fully saturated rings. The molecule has 24 rings (SSSR count). The van der Waals surface area contributed by atoms with E-state index in [0.29, 0.717) is 54.5 Å². The molecule has 10 aromatic heterocycles. The monoisotopic (exact) mass is 2120 g/mol. The fourth-order valence-electron chi connectivity index (χ4n) is 15.3. The maximum absolute atomic E-state index is 12.0. The van der Waals surface area contributed by atoms with Gasteiger partial charge in [0, 0.05) is 145 Å². The highest BCUT2D eigenvalue weighted by Crippen LogP contribution is 2.41. The number of para-hydroxylation sites is 1. The minimum absolute atomic E-state index is 0.327. The predicted molar refractivity (Wildman–Crippen MR) is 561 cm³/mol. The summed E-state index contributed by atoms with van der Waals surface area (Å²) in [6.07, 6.45) is 25.8. The number of amides is 6. The second-order valence-corrected chi connectivity index (χ2v) is 39.5. The van der Waals surface area contributed by atoms with Gasteiger partial charge in [-0.25, -0.2) is 68.3 Å². The van der Waals surface area contributed by atoms with Crippen LogP contribution in [0.5, 0.6) is 17.5 Å². The Bertz CT molecular complexity index is 8850. The Morgan fingerprint density at radius 1 is 0.370 bits per heavy atom. The molecule has 6 aromatic carbocycles. The van der Waals surface area contributed by atoms with Crippen LogP contribution in [0.4, 0.5) is 5.82 Å². The molecule has 8 aliphatic rings. The first-order valence-electron chi connectivity index (χ1n) is 43.6. The molecule has 0 radical (unpaired) electrons. The number of hydrogen-bond acceptors (Lipinski definition) is 26. The topological polar surface area (TPSA) is 466 Å². The number of benzene rings is 6. The van der Waals surface area contributed by atoms with E-state index < -0.39 is 65.9 Å². The van der Waals surface area contributed by atoms with Gasteiger partial charge in [-0.3, -0.25) is 62.1 Å². The van der Waals surface area contributed by atoms with Crippen molar-refractivity contribution in [1.82, 2.24) is 107 Å². The van der Waals surface area contributed by atoms with Crippen molar-refractivity contribution in [2.75, 3.05) is 39.3 Å². The van der Waals surface area contributed by atoms with Gasteiger partial charge in [0.2, 0.25) is 11.8 Å². The zero-order valence-electron chi connectivity index (χ0n) is 77.1. The third kappa shape index (κ3) is 22.0. The van der Waals surface area contributed by atoms with E-state index in [1.807, 2.05) is 172 Å². The number of fused-ring (bicyclic) bond motifs is 7. The van der Waals surface area contributed by atoms with Gasteiger partial charge < -0.3 is 19.1 Å². The summed E-state index contributed by atoms with van der Waals surface area (Å²) in [7, 11) is -4.22. The first kappa shape index (κ1) is 98.6. The maximum atomic E-state index is 12.0. The number of nitrogens with one attached hydrogen (secondary N) is 6. The Morgan fingerprint density at radius 2 is 0.733 bits per heavy atom. The summed E-state index contributed by atoms with van der Waals surface area (Å²) in [6, 6.07) is 50.3. The van der Waals surface area contributed by atoms with Crippen molar-refractivity contribution in [3.8, 4) is 121 Å². The fourth-order valence-corrected chi connectivity index (χ4v) is 20.8. The molecular formula is C101H74BrN23O15S6. The molecule has 7 aliphatic heterocycles. The molecule has 6 N–H and O–H groups in total. The van der Waals surface area contributed by atoms with Crippen molar-refractivity contribution >= 4 is 219 Å². The third-order valence-corrected chi connectivity index (χ3v) is 29.1. The summed E-state index contributed by atoms with van der Waals surface area (Å²) in [5.41, 5.74) is 14.8. The number of nitrogens with zero attached hydrogens (tertiary/aromatic N) is 17. The molecule has 6 atom stereocenters. The van der Waals surface area contributed by atoms with Crippen molar-refractivity contribution in [3.63, 3.8) is 0 Å². The minimum atomic E-state index is -1.59. The smallest absolute Gasteiger partial charge is 0.258 e. The van der Waals surface area contributed by atoms with Crippen LogP contribution in [0.15, 0.2) is 254 Å². The second kappa shape index (κ2) is 43.9. The van der Waals surface area contributed by atoms with Crippen molar-refractivity contribution in [1.29, 1.82) is 0 Å². The van der Waals surface area contributed by atoms with E-state index in [1.54, 1.807) is 76.1 Å². The number of aryl methyl sites for hydroxylation is 1. The molecule has 38 nitrogen and oxygen atoms in total. The lowest BCUT2D eigenvalue weighted by atomic mass is 10.0. The Balaban J connectivity index is 0.000000113. The summed E-state index contributed by atoms with van der Waals surface area (Å²) < 4.78 is 111. The zero-order valence-corrected chi connectivity index (χ0v) is 83.6. The van der Waals surface area contributed by atoms with Crippen LogP contribution in [0.3, 0.4) is 0 Å². The number of carbonyl (C=O) groups is 6. The van der Waals surface area contributed by atoms with E-state index in [1.165, 1.54) is 78.4 Å². The van der Waals surface area contributed by atoms with Crippen molar-refractivity contribution < 1.29 is 68.2 Å². The van der Waals surface area contributed by atoms with Gasteiger partial charge in [-0.2, -0.15) is 30.6 Å². The van der Waals surface area contributed by atoms with Crippen LogP contribution in [0, 0.1) is 66.1 Å². The molecule has 0 spiro atoms. The molecule has 17 heterocycles. The molecule has 0 saturated heterocycles. The third-order valence-electron chi connectivity index (χ3n) is 22.2. The normalized spacial score (nSPS) is 17.3. The van der Waals surface area contributed by atoms with Crippen LogP contribution in [-0.2, 0) is 94.7 Å². The van der Waals surface area contributed by atoms with Crippen LogP contribution >= 0.6 is 15.9 Å². The van der Waals surface area contributed by atoms with Gasteiger partial charge in [0.15, 0.2) is 108 Å². The number of hydrogen-bond donors (Lipinski definition) is 6. The van der Waals surface area contributed by atoms with Gasteiger partial charge in [0.05, 0.1) is 91.0 Å². The van der Waals surface area contributed by atoms with E-state index in [9.17, 15) is 54.0 Å². The number of rotatable bonds is 13. The van der Waals surface area contributed by atoms with Crippen LogP contribution in [0.1, 0.15) is 44.0 Å². The highest BCUT2D eigenvalue weighted by Gasteiger charge is 2.31. The lowest BCUT2D eigenvalue weighted by Crippen LogP contribution is -2.29. The number of halogens is 1. The van der Waals surface area contributed by atoms with Gasteiger partial charge in [0.1, 0.15) is 6.61 Å². The van der Waals surface area contributed by atoms with Crippen molar-refractivity contribution in [2.24, 2.45) is 0 Å². The quantitative estimate of drug-likeness (QED) is 0.0584. The molecule has 1 saturated carbocycles. The van der Waals surface area contributed by atoms with Gasteiger partial charge in [0.25, 0.3) is 35.4 Å². The molecular weight excluding hydrogens is 2050 g/mol. The predicted octanol–water partition coefficient (Wildman–Crippen LogP) is 10.9. The van der Waals surface area contributed by atoms with E-state index in [-0.39, 0.29) is 35.4 Å². The largest absolute Gasteiger partial charge is 0.488 e. The Hall–Kier alpha value is -17.6. The first-order valence-corrected chi connectivity index (χ1v) is 51.3. The molecule has 1 aliphatic carbocycles. The van der Waals surface area contributed by atoms with E-state index in [2.05, 4.69) is 171 Å². The molecule has 45 heteroatoms. The van der Waals surface area contributed by atoms with Crippen LogP contribution < -0.4 is 47.4 Å². The standard InChI is InChI=1S/C18H15N5O3S.C18H14N4O2S.C17H14N4O3S.C16H12N4O3S.C12H6.C10H6BrN3O2S.C10H7N3O2S/c1-22-4-5-26-15-7-12(9-19-18(15)22)11-2-3-14-13(6-11)10-20-23(14)17-8-16(24)21-27(17)25;23-17-8-18(25(24)21-17)22-16-6-4-12(7-14(16)10-20-22)13-3-5-15(19-9-13)11-1-2-11;1-10-13(4-6-16(19-10)24-2)11-3-5-14-12(7-11)9-18-21(14)17-8-15(22)20-25(17)23;1-23-15-7-11(4-5-17-15)10-2-3-13-12(6-10)9-18-20(13)16-8-14(21)19-24(16)22;1-3-5-7-9-11-12-10-8-6-4-2;11-7-1-2-8-6(3-7)5-12-14(8)10-4-9(15)13-17(10)16;14-9-5-10(16(15)12-9)13-8-4-2-1-3-7(8)6-11-13/h2-3,6-10H,4-5H2,1H3,(H,21,24);3-11H,1-2H2,(H,21,23);3-9H,1-2H3,(H,20,22);2-9H,1H3,(H,19,21);1-2H3;1-5H,(H,13,15);1-6H,(H,12,14). The molecule has 6 unspecified atom stereocenters. The summed E-state index contributed by atoms with van der Waals surface area (Å²) in [6.45, 7) is 6.82. The van der Waals surface area contributed by atoms with Crippen LogP contribution in [-0.4, -0.2) is 174 Å². The highest BCUT2D eigenvalue weighted by molar-refractivity contribution is 9.10. The minimum Gasteiger partial charge on any atom is -0.488 e. The Labute approximate surface area is 853 Å². The van der Waals surface area contributed by atoms with E-state index >= 15 is 0 Å². The van der Waals surface area contributed by atoms with Crippen molar-refractivity contribution in [2.45, 2.75) is 39.5 Å². The SMILES string of the molecule is CC#CC#CC#CC#CC#CC.CN1CCOc2cc(-c3ccc4c(cnn4C4=CC(=O)NS4=O)c3)cnc21.COc1cc(-c2ccc3c(cnn3C3=CC(=O)NS3=O)c2)ccn1.COc1ccc(-c2ccc3c(cnn3C3=CC(=O)NS3=O)c2)c(C)n1.O=C1C=C(n2ncc3cc(-c4ccc(C5CC5)nc4)ccc32)S(=O)N1.O=C1C=C(n2ncc3cc(Br)ccc32)S(=O)N1.O=C1C=C(n2ncc3ccccc32)S(=O)N1. The molecule has 0 bridgehead atoms.